The summed E-state index contributed by atoms with van der Waals surface area (Å²) in [5.41, 5.74) is 3.66. The first-order chi connectivity index (χ1) is 10.5. The van der Waals surface area contributed by atoms with Crippen molar-refractivity contribution in [2.24, 2.45) is 0 Å². The fourth-order valence-corrected chi connectivity index (χ4v) is 2.00. The van der Waals surface area contributed by atoms with Gasteiger partial charge in [-0.25, -0.2) is 9.97 Å². The molecule has 2 aromatic rings. The number of aryl methyl sites for hydroxylation is 2. The molecule has 0 saturated carbocycles. The molecule has 1 unspecified atom stereocenters. The fraction of sp³-hybridized carbons (Fsp3) is 0.353. The van der Waals surface area contributed by atoms with E-state index in [4.69, 9.17) is 0 Å². The van der Waals surface area contributed by atoms with E-state index in [1.807, 2.05) is 32.9 Å². The van der Waals surface area contributed by atoms with Gasteiger partial charge in [-0.05, 0) is 38.8 Å². The lowest BCUT2D eigenvalue weighted by Gasteiger charge is -2.11. The first-order valence-corrected chi connectivity index (χ1v) is 7.46. The molecule has 0 radical (unpaired) electrons. The molecule has 0 aliphatic carbocycles. The highest BCUT2D eigenvalue weighted by Gasteiger charge is 2.10. The third kappa shape index (κ3) is 4.04. The standard InChI is InChI=1S/C17H22N4O/c1-5-13(4)20-17(22)15-9-19-16(10-18-15)21-14-7-6-11(2)8-12(14)3/h6-10,13H,5H2,1-4H3,(H,19,21)(H,20,22). The molecule has 5 nitrogen and oxygen atoms in total. The van der Waals surface area contributed by atoms with Gasteiger partial charge in [0.25, 0.3) is 5.91 Å². The number of hydrogen-bond acceptors (Lipinski definition) is 4. The van der Waals surface area contributed by atoms with Crippen LogP contribution in [0.1, 0.15) is 41.9 Å². The Labute approximate surface area is 131 Å². The van der Waals surface area contributed by atoms with Gasteiger partial charge in [0, 0.05) is 11.7 Å². The predicted molar refractivity (Wildman–Crippen MR) is 88.4 cm³/mol. The first-order valence-electron chi connectivity index (χ1n) is 7.46. The van der Waals surface area contributed by atoms with Gasteiger partial charge in [0.15, 0.2) is 0 Å². The maximum Gasteiger partial charge on any atom is 0.271 e. The molecule has 1 heterocycles. The molecule has 1 amide bonds. The van der Waals surface area contributed by atoms with Gasteiger partial charge in [0.2, 0.25) is 0 Å². The zero-order chi connectivity index (χ0) is 16.1. The predicted octanol–water partition coefficient (Wildman–Crippen LogP) is 3.37. The molecular weight excluding hydrogens is 276 g/mol. The van der Waals surface area contributed by atoms with Crippen LogP contribution < -0.4 is 10.6 Å². The number of nitrogens with zero attached hydrogens (tertiary/aromatic N) is 2. The topological polar surface area (TPSA) is 66.9 Å². The van der Waals surface area contributed by atoms with Crippen LogP contribution in [-0.2, 0) is 0 Å². The molecule has 0 fully saturated rings. The van der Waals surface area contributed by atoms with Gasteiger partial charge >= 0.3 is 0 Å². The number of carbonyl (C=O) groups is 1. The Bertz CT molecular complexity index is 652. The maximum absolute atomic E-state index is 11.9. The number of anilines is 2. The highest BCUT2D eigenvalue weighted by Crippen LogP contribution is 2.19. The van der Waals surface area contributed by atoms with Crippen LogP contribution in [0.15, 0.2) is 30.6 Å². The molecule has 0 spiro atoms. The lowest BCUT2D eigenvalue weighted by molar-refractivity contribution is 0.0934. The van der Waals surface area contributed by atoms with Crippen LogP contribution in [-0.4, -0.2) is 21.9 Å². The summed E-state index contributed by atoms with van der Waals surface area (Å²) in [7, 11) is 0. The van der Waals surface area contributed by atoms with E-state index in [9.17, 15) is 4.79 Å². The van der Waals surface area contributed by atoms with Gasteiger partial charge in [-0.15, -0.1) is 0 Å². The van der Waals surface area contributed by atoms with Gasteiger partial charge in [-0.3, -0.25) is 4.79 Å². The largest absolute Gasteiger partial charge is 0.348 e. The molecule has 116 valence electrons. The number of carbonyl (C=O) groups excluding carboxylic acids is 1. The summed E-state index contributed by atoms with van der Waals surface area (Å²) in [6.07, 6.45) is 3.94. The Hall–Kier alpha value is -2.43. The van der Waals surface area contributed by atoms with Crippen molar-refractivity contribution in [1.29, 1.82) is 0 Å². The zero-order valence-electron chi connectivity index (χ0n) is 13.5. The maximum atomic E-state index is 11.9. The van der Waals surface area contributed by atoms with Crippen LogP contribution in [0.4, 0.5) is 11.5 Å². The molecule has 2 rings (SSSR count). The van der Waals surface area contributed by atoms with Crippen molar-refractivity contribution in [3.8, 4) is 0 Å². The van der Waals surface area contributed by atoms with Crippen molar-refractivity contribution in [2.75, 3.05) is 5.32 Å². The number of nitrogens with one attached hydrogen (secondary N) is 2. The van der Waals surface area contributed by atoms with E-state index in [0.717, 1.165) is 17.7 Å². The summed E-state index contributed by atoms with van der Waals surface area (Å²) >= 11 is 0. The van der Waals surface area contributed by atoms with Crippen LogP contribution in [0.3, 0.4) is 0 Å². The van der Waals surface area contributed by atoms with Gasteiger partial charge < -0.3 is 10.6 Å². The van der Waals surface area contributed by atoms with E-state index in [2.05, 4.69) is 33.6 Å². The minimum absolute atomic E-state index is 0.127. The average Bonchev–Trinajstić information content (AvgIpc) is 2.50. The van der Waals surface area contributed by atoms with E-state index in [1.165, 1.54) is 11.8 Å². The first kappa shape index (κ1) is 15.9. The molecule has 0 aliphatic heterocycles. The minimum atomic E-state index is -0.195. The molecule has 1 aromatic heterocycles. The van der Waals surface area contributed by atoms with Crippen molar-refractivity contribution in [3.05, 3.63) is 47.4 Å². The molecule has 0 bridgehead atoms. The van der Waals surface area contributed by atoms with Gasteiger partial charge in [0.1, 0.15) is 11.5 Å². The summed E-state index contributed by atoms with van der Waals surface area (Å²) in [4.78, 5) is 20.4. The molecule has 0 aliphatic rings. The molecule has 22 heavy (non-hydrogen) atoms. The van der Waals surface area contributed by atoms with Gasteiger partial charge in [0.05, 0.1) is 12.4 Å². The van der Waals surface area contributed by atoms with Crippen molar-refractivity contribution >= 4 is 17.4 Å². The Morgan fingerprint density at radius 1 is 1.23 bits per heavy atom. The number of amides is 1. The average molecular weight is 298 g/mol. The lowest BCUT2D eigenvalue weighted by atomic mass is 10.1. The fourth-order valence-electron chi connectivity index (χ4n) is 2.00. The second-order valence-electron chi connectivity index (χ2n) is 5.51. The summed E-state index contributed by atoms with van der Waals surface area (Å²) in [5.74, 6) is 0.423. The summed E-state index contributed by atoms with van der Waals surface area (Å²) in [5, 5.41) is 6.08. The Morgan fingerprint density at radius 2 is 2.00 bits per heavy atom. The van der Waals surface area contributed by atoms with E-state index >= 15 is 0 Å². The Morgan fingerprint density at radius 3 is 2.59 bits per heavy atom. The van der Waals surface area contributed by atoms with Crippen molar-refractivity contribution in [2.45, 2.75) is 40.2 Å². The van der Waals surface area contributed by atoms with E-state index in [1.54, 1.807) is 6.20 Å². The van der Waals surface area contributed by atoms with Crippen LogP contribution in [0.5, 0.6) is 0 Å². The molecule has 0 saturated heterocycles. The Kier molecular flexibility index (Phi) is 5.09. The minimum Gasteiger partial charge on any atom is -0.348 e. The third-order valence-corrected chi connectivity index (χ3v) is 3.52. The van der Waals surface area contributed by atoms with Gasteiger partial charge in [-0.1, -0.05) is 24.6 Å². The van der Waals surface area contributed by atoms with E-state index in [-0.39, 0.29) is 11.9 Å². The SMILES string of the molecule is CCC(C)NC(=O)c1cnc(Nc2ccc(C)cc2C)cn1. The second kappa shape index (κ2) is 7.02. The number of hydrogen-bond donors (Lipinski definition) is 2. The van der Waals surface area contributed by atoms with Crippen molar-refractivity contribution in [3.63, 3.8) is 0 Å². The summed E-state index contributed by atoms with van der Waals surface area (Å²) in [6, 6.07) is 6.28. The number of aromatic nitrogens is 2. The van der Waals surface area contributed by atoms with Crippen LogP contribution in [0, 0.1) is 13.8 Å². The molecular formula is C17H22N4O. The molecule has 1 atom stereocenters. The smallest absolute Gasteiger partial charge is 0.271 e. The monoisotopic (exact) mass is 298 g/mol. The number of rotatable bonds is 5. The zero-order valence-corrected chi connectivity index (χ0v) is 13.5. The third-order valence-electron chi connectivity index (χ3n) is 3.52. The summed E-state index contributed by atoms with van der Waals surface area (Å²) in [6.45, 7) is 8.08. The normalized spacial score (nSPS) is 11.8. The molecule has 1 aromatic carbocycles. The van der Waals surface area contributed by atoms with Crippen molar-refractivity contribution < 1.29 is 4.79 Å². The van der Waals surface area contributed by atoms with Crippen LogP contribution in [0.25, 0.3) is 0 Å². The summed E-state index contributed by atoms with van der Waals surface area (Å²) < 4.78 is 0. The van der Waals surface area contributed by atoms with Crippen LogP contribution >= 0.6 is 0 Å². The van der Waals surface area contributed by atoms with Crippen LogP contribution in [0.2, 0.25) is 0 Å². The Balaban J connectivity index is 2.07. The van der Waals surface area contributed by atoms with Gasteiger partial charge in [-0.2, -0.15) is 0 Å². The van der Waals surface area contributed by atoms with Crippen molar-refractivity contribution in [1.82, 2.24) is 15.3 Å². The highest BCUT2D eigenvalue weighted by atomic mass is 16.1. The molecule has 2 N–H and O–H groups in total. The second-order valence-corrected chi connectivity index (χ2v) is 5.51. The quantitative estimate of drug-likeness (QED) is 0.888. The highest BCUT2D eigenvalue weighted by molar-refractivity contribution is 5.92. The van der Waals surface area contributed by atoms with E-state index < -0.39 is 0 Å². The number of benzene rings is 1. The van der Waals surface area contributed by atoms with E-state index in [0.29, 0.717) is 11.5 Å². The lowest BCUT2D eigenvalue weighted by Crippen LogP contribution is -2.32. The molecule has 5 heteroatoms.